The van der Waals surface area contributed by atoms with E-state index in [9.17, 15) is 14.0 Å². The molecule has 0 unspecified atom stereocenters. The van der Waals surface area contributed by atoms with Crippen LogP contribution in [0.1, 0.15) is 11.3 Å². The van der Waals surface area contributed by atoms with E-state index in [0.29, 0.717) is 30.2 Å². The summed E-state index contributed by atoms with van der Waals surface area (Å²) in [6.07, 6.45) is 2.26. The van der Waals surface area contributed by atoms with Gasteiger partial charge in [-0.1, -0.05) is 6.07 Å². The molecule has 1 fully saturated rings. The zero-order valence-corrected chi connectivity index (χ0v) is 14.2. The summed E-state index contributed by atoms with van der Waals surface area (Å²) in [5.74, 6) is -0.0268. The molecule has 1 aromatic carbocycles. The molecule has 4 nitrogen and oxygen atoms in total. The van der Waals surface area contributed by atoms with E-state index in [-0.39, 0.29) is 17.0 Å². The first kappa shape index (κ1) is 16.7. The number of carbonyl (C=O) groups excluding carboxylic acids is 2. The van der Waals surface area contributed by atoms with E-state index in [1.165, 1.54) is 28.4 Å². The molecule has 0 radical (unpaired) electrons. The van der Waals surface area contributed by atoms with Crippen LogP contribution in [-0.2, 0) is 4.79 Å². The SMILES string of the molecule is O=C1S/C(=C/c2cccs2)C(=O)N1CCCOc1ccc(F)cc1. The predicted octanol–water partition coefficient (Wildman–Crippen LogP) is 4.39. The lowest BCUT2D eigenvalue weighted by molar-refractivity contribution is -0.122. The molecule has 0 N–H and O–H groups in total. The van der Waals surface area contributed by atoms with Crippen LogP contribution in [0.3, 0.4) is 0 Å². The van der Waals surface area contributed by atoms with Crippen LogP contribution in [0.15, 0.2) is 46.7 Å². The number of hydrogen-bond acceptors (Lipinski definition) is 5. The van der Waals surface area contributed by atoms with Crippen molar-refractivity contribution in [3.05, 3.63) is 57.4 Å². The maximum absolute atomic E-state index is 12.8. The summed E-state index contributed by atoms with van der Waals surface area (Å²) in [6, 6.07) is 9.52. The molecule has 1 saturated heterocycles. The Morgan fingerprint density at radius 3 is 2.67 bits per heavy atom. The summed E-state index contributed by atoms with van der Waals surface area (Å²) >= 11 is 2.47. The van der Waals surface area contributed by atoms with Crippen LogP contribution in [-0.4, -0.2) is 29.2 Å². The molecule has 1 aliphatic heterocycles. The topological polar surface area (TPSA) is 46.6 Å². The highest BCUT2D eigenvalue weighted by Crippen LogP contribution is 2.32. The van der Waals surface area contributed by atoms with Crippen LogP contribution in [0.2, 0.25) is 0 Å². The Balaban J connectivity index is 1.51. The summed E-state index contributed by atoms with van der Waals surface area (Å²) in [4.78, 5) is 26.9. The van der Waals surface area contributed by atoms with E-state index in [2.05, 4.69) is 0 Å². The molecule has 0 bridgehead atoms. The number of nitrogens with zero attached hydrogens (tertiary/aromatic N) is 1. The lowest BCUT2D eigenvalue weighted by Gasteiger charge is -2.12. The largest absolute Gasteiger partial charge is 0.494 e. The number of thioether (sulfide) groups is 1. The highest BCUT2D eigenvalue weighted by Gasteiger charge is 2.34. The number of rotatable bonds is 6. The fraction of sp³-hybridized carbons (Fsp3) is 0.176. The van der Waals surface area contributed by atoms with Crippen molar-refractivity contribution >= 4 is 40.3 Å². The minimum Gasteiger partial charge on any atom is -0.494 e. The predicted molar refractivity (Wildman–Crippen MR) is 93.5 cm³/mol. The van der Waals surface area contributed by atoms with Gasteiger partial charge in [-0.05, 0) is 60.0 Å². The van der Waals surface area contributed by atoms with Gasteiger partial charge in [-0.2, -0.15) is 0 Å². The second kappa shape index (κ2) is 7.63. The molecule has 2 amide bonds. The Morgan fingerprint density at radius 2 is 1.96 bits per heavy atom. The van der Waals surface area contributed by atoms with Gasteiger partial charge in [0, 0.05) is 11.4 Å². The highest BCUT2D eigenvalue weighted by molar-refractivity contribution is 8.18. The second-order valence-corrected chi connectivity index (χ2v) is 6.98. The van der Waals surface area contributed by atoms with Crippen molar-refractivity contribution in [2.75, 3.05) is 13.2 Å². The number of benzene rings is 1. The molecule has 24 heavy (non-hydrogen) atoms. The van der Waals surface area contributed by atoms with Crippen molar-refractivity contribution in [2.45, 2.75) is 6.42 Å². The molecule has 7 heteroatoms. The van der Waals surface area contributed by atoms with Crippen molar-refractivity contribution in [2.24, 2.45) is 0 Å². The lowest BCUT2D eigenvalue weighted by atomic mass is 10.3. The number of halogens is 1. The molecule has 1 aromatic heterocycles. The third kappa shape index (κ3) is 4.04. The first-order valence-electron chi connectivity index (χ1n) is 7.31. The van der Waals surface area contributed by atoms with Gasteiger partial charge in [0.15, 0.2) is 0 Å². The van der Waals surface area contributed by atoms with Crippen molar-refractivity contribution in [3.63, 3.8) is 0 Å². The molecule has 0 saturated carbocycles. The first-order valence-corrected chi connectivity index (χ1v) is 9.00. The lowest BCUT2D eigenvalue weighted by Crippen LogP contribution is -2.30. The standard InChI is InChI=1S/C17H14FNO3S2/c18-12-4-6-13(7-5-12)22-9-2-8-19-16(20)15(24-17(19)21)11-14-3-1-10-23-14/h1,3-7,10-11H,2,8-9H2/b15-11+. The number of thiophene rings is 1. The molecule has 0 spiro atoms. The molecule has 124 valence electrons. The number of imide groups is 1. The Morgan fingerprint density at radius 1 is 1.17 bits per heavy atom. The fourth-order valence-corrected chi connectivity index (χ4v) is 3.73. The van der Waals surface area contributed by atoms with Crippen molar-refractivity contribution in [1.29, 1.82) is 0 Å². The van der Waals surface area contributed by atoms with Gasteiger partial charge in [0.1, 0.15) is 11.6 Å². The van der Waals surface area contributed by atoms with E-state index in [1.54, 1.807) is 18.2 Å². The van der Waals surface area contributed by atoms with E-state index in [4.69, 9.17) is 4.74 Å². The third-order valence-corrected chi connectivity index (χ3v) is 5.03. The number of ether oxygens (including phenoxy) is 1. The van der Waals surface area contributed by atoms with Gasteiger partial charge >= 0.3 is 0 Å². The Bertz CT molecular complexity index is 757. The maximum Gasteiger partial charge on any atom is 0.293 e. The maximum atomic E-state index is 12.8. The minimum atomic E-state index is -0.322. The molecular formula is C17H14FNO3S2. The summed E-state index contributed by atoms with van der Waals surface area (Å²) in [7, 11) is 0. The fourth-order valence-electron chi connectivity index (χ4n) is 2.14. The zero-order valence-electron chi connectivity index (χ0n) is 12.6. The second-order valence-electron chi connectivity index (χ2n) is 5.00. The van der Waals surface area contributed by atoms with Gasteiger partial charge < -0.3 is 4.74 Å². The van der Waals surface area contributed by atoms with Crippen LogP contribution in [0.4, 0.5) is 9.18 Å². The molecule has 1 aliphatic rings. The van der Waals surface area contributed by atoms with Crippen molar-refractivity contribution in [3.8, 4) is 5.75 Å². The summed E-state index contributed by atoms with van der Waals surface area (Å²) in [5.41, 5.74) is 0. The number of carbonyl (C=O) groups is 2. The smallest absolute Gasteiger partial charge is 0.293 e. The van der Waals surface area contributed by atoms with Gasteiger partial charge in [0.2, 0.25) is 0 Å². The molecule has 0 atom stereocenters. The van der Waals surface area contributed by atoms with Gasteiger partial charge in [-0.25, -0.2) is 4.39 Å². The Kier molecular flexibility index (Phi) is 5.32. The van der Waals surface area contributed by atoms with Gasteiger partial charge in [0.25, 0.3) is 11.1 Å². The average molecular weight is 363 g/mol. The van der Waals surface area contributed by atoms with Crippen molar-refractivity contribution < 1.29 is 18.7 Å². The Labute approximate surface area is 146 Å². The van der Waals surface area contributed by atoms with Crippen LogP contribution in [0, 0.1) is 5.82 Å². The number of amides is 2. The average Bonchev–Trinajstić information content (AvgIpc) is 3.16. The third-order valence-electron chi connectivity index (χ3n) is 3.30. The van der Waals surface area contributed by atoms with Crippen LogP contribution in [0.25, 0.3) is 6.08 Å². The molecular weight excluding hydrogens is 349 g/mol. The molecule has 2 heterocycles. The van der Waals surface area contributed by atoms with E-state index in [0.717, 1.165) is 16.6 Å². The van der Waals surface area contributed by atoms with E-state index < -0.39 is 0 Å². The quantitative estimate of drug-likeness (QED) is 0.564. The van der Waals surface area contributed by atoms with Gasteiger partial charge in [-0.3, -0.25) is 14.5 Å². The Hall–Kier alpha value is -2.12. The monoisotopic (exact) mass is 363 g/mol. The highest BCUT2D eigenvalue weighted by atomic mass is 32.2. The summed E-state index contributed by atoms with van der Waals surface area (Å²) < 4.78 is 18.3. The van der Waals surface area contributed by atoms with Gasteiger partial charge in [0.05, 0.1) is 11.5 Å². The minimum absolute atomic E-state index is 0.260. The summed E-state index contributed by atoms with van der Waals surface area (Å²) in [5, 5.41) is 1.66. The van der Waals surface area contributed by atoms with Crippen LogP contribution >= 0.6 is 23.1 Å². The first-order chi connectivity index (χ1) is 11.6. The van der Waals surface area contributed by atoms with E-state index in [1.807, 2.05) is 17.5 Å². The zero-order chi connectivity index (χ0) is 16.9. The van der Waals surface area contributed by atoms with Crippen LogP contribution in [0.5, 0.6) is 5.75 Å². The van der Waals surface area contributed by atoms with Crippen LogP contribution < -0.4 is 4.74 Å². The normalized spacial score (nSPS) is 16.2. The molecule has 0 aliphatic carbocycles. The van der Waals surface area contributed by atoms with Crippen molar-refractivity contribution in [1.82, 2.24) is 4.90 Å². The molecule has 2 aromatic rings. The van der Waals surface area contributed by atoms with E-state index >= 15 is 0 Å². The van der Waals surface area contributed by atoms with Gasteiger partial charge in [-0.15, -0.1) is 11.3 Å². The molecule has 3 rings (SSSR count). The summed E-state index contributed by atoms with van der Waals surface area (Å²) in [6.45, 7) is 0.644. The number of hydrogen-bond donors (Lipinski definition) is 0.